The van der Waals surface area contributed by atoms with Crippen molar-refractivity contribution in [2.45, 2.75) is 64.3 Å². The molecule has 17 heavy (non-hydrogen) atoms. The summed E-state index contributed by atoms with van der Waals surface area (Å²) >= 11 is 0. The molecule has 1 saturated carbocycles. The first-order chi connectivity index (χ1) is 8.40. The third-order valence-electron chi connectivity index (χ3n) is 4.69. The van der Waals surface area contributed by atoms with E-state index in [-0.39, 0.29) is 0 Å². The van der Waals surface area contributed by atoms with Gasteiger partial charge in [-0.1, -0.05) is 32.6 Å². The lowest BCUT2D eigenvalue weighted by Crippen LogP contribution is -2.39. The fraction of sp³-hybridized carbons (Fsp3) is 1.00. The number of hydrogen-bond donors (Lipinski definition) is 1. The second-order valence-corrected chi connectivity index (χ2v) is 5.94. The van der Waals surface area contributed by atoms with Crippen molar-refractivity contribution in [3.63, 3.8) is 0 Å². The lowest BCUT2D eigenvalue weighted by Gasteiger charge is -2.24. The van der Waals surface area contributed by atoms with E-state index in [9.17, 15) is 0 Å². The van der Waals surface area contributed by atoms with Gasteiger partial charge in [0.1, 0.15) is 0 Å². The highest BCUT2D eigenvalue weighted by atomic mass is 15.2. The second kappa shape index (κ2) is 7.38. The summed E-state index contributed by atoms with van der Waals surface area (Å²) in [5.74, 6) is 0.967. The molecule has 0 radical (unpaired) electrons. The molecule has 2 aliphatic rings. The summed E-state index contributed by atoms with van der Waals surface area (Å²) in [6.07, 6.45) is 11.6. The van der Waals surface area contributed by atoms with Gasteiger partial charge in [-0.25, -0.2) is 0 Å². The predicted octanol–water partition coefficient (Wildman–Crippen LogP) is 3.03. The molecule has 0 amide bonds. The zero-order valence-electron chi connectivity index (χ0n) is 11.6. The van der Waals surface area contributed by atoms with Crippen LogP contribution in [0.3, 0.4) is 0 Å². The average Bonchev–Trinajstić information content (AvgIpc) is 2.64. The Kier molecular flexibility index (Phi) is 5.79. The SMILES string of the molecule is CCN1CCCC1CNCC1CCCCCC1. The maximum atomic E-state index is 3.75. The van der Waals surface area contributed by atoms with E-state index in [1.54, 1.807) is 0 Å². The van der Waals surface area contributed by atoms with Crippen molar-refractivity contribution < 1.29 is 0 Å². The number of likely N-dealkylation sites (N-methyl/N-ethyl adjacent to an activating group) is 1. The molecule has 0 bridgehead atoms. The van der Waals surface area contributed by atoms with Crippen LogP contribution in [0, 0.1) is 5.92 Å². The van der Waals surface area contributed by atoms with Gasteiger partial charge in [0, 0.05) is 12.6 Å². The van der Waals surface area contributed by atoms with Crippen LogP contribution in [-0.4, -0.2) is 37.1 Å². The maximum absolute atomic E-state index is 3.75. The van der Waals surface area contributed by atoms with Gasteiger partial charge in [-0.15, -0.1) is 0 Å². The molecule has 1 aliphatic heterocycles. The highest BCUT2D eigenvalue weighted by molar-refractivity contribution is 4.80. The van der Waals surface area contributed by atoms with Crippen LogP contribution in [0.2, 0.25) is 0 Å². The molecule has 1 heterocycles. The monoisotopic (exact) mass is 238 g/mol. The highest BCUT2D eigenvalue weighted by Gasteiger charge is 2.22. The smallest absolute Gasteiger partial charge is 0.0220 e. The van der Waals surface area contributed by atoms with Crippen LogP contribution in [0.4, 0.5) is 0 Å². The van der Waals surface area contributed by atoms with Gasteiger partial charge in [0.15, 0.2) is 0 Å². The minimum Gasteiger partial charge on any atom is -0.315 e. The van der Waals surface area contributed by atoms with Crippen LogP contribution in [0.25, 0.3) is 0 Å². The molecule has 2 nitrogen and oxygen atoms in total. The molecular weight excluding hydrogens is 208 g/mol. The molecular formula is C15H30N2. The van der Waals surface area contributed by atoms with E-state index in [0.29, 0.717) is 0 Å². The van der Waals surface area contributed by atoms with Crippen molar-refractivity contribution in [2.24, 2.45) is 5.92 Å². The maximum Gasteiger partial charge on any atom is 0.0220 e. The lowest BCUT2D eigenvalue weighted by atomic mass is 10.0. The third kappa shape index (κ3) is 4.26. The normalized spacial score (nSPS) is 28.4. The second-order valence-electron chi connectivity index (χ2n) is 5.94. The fourth-order valence-corrected chi connectivity index (χ4v) is 3.56. The number of hydrogen-bond acceptors (Lipinski definition) is 2. The molecule has 0 aromatic carbocycles. The van der Waals surface area contributed by atoms with Crippen LogP contribution in [-0.2, 0) is 0 Å². The van der Waals surface area contributed by atoms with E-state index in [0.717, 1.165) is 12.0 Å². The number of nitrogens with one attached hydrogen (secondary N) is 1. The van der Waals surface area contributed by atoms with Gasteiger partial charge in [-0.3, -0.25) is 4.90 Å². The van der Waals surface area contributed by atoms with Crippen LogP contribution in [0.5, 0.6) is 0 Å². The zero-order valence-corrected chi connectivity index (χ0v) is 11.6. The number of rotatable bonds is 5. The van der Waals surface area contributed by atoms with Crippen LogP contribution in [0.15, 0.2) is 0 Å². The van der Waals surface area contributed by atoms with E-state index in [1.807, 2.05) is 0 Å². The Balaban J connectivity index is 1.61. The first kappa shape index (κ1) is 13.4. The van der Waals surface area contributed by atoms with Crippen molar-refractivity contribution >= 4 is 0 Å². The summed E-state index contributed by atoms with van der Waals surface area (Å²) in [7, 11) is 0. The quantitative estimate of drug-likeness (QED) is 0.741. The summed E-state index contributed by atoms with van der Waals surface area (Å²) in [4.78, 5) is 2.64. The van der Waals surface area contributed by atoms with Gasteiger partial charge in [-0.05, 0) is 51.2 Å². The molecule has 1 N–H and O–H groups in total. The largest absolute Gasteiger partial charge is 0.315 e. The van der Waals surface area contributed by atoms with Gasteiger partial charge in [0.05, 0.1) is 0 Å². The first-order valence-electron chi connectivity index (χ1n) is 7.85. The van der Waals surface area contributed by atoms with E-state index >= 15 is 0 Å². The van der Waals surface area contributed by atoms with E-state index < -0.39 is 0 Å². The van der Waals surface area contributed by atoms with E-state index in [1.165, 1.54) is 77.5 Å². The van der Waals surface area contributed by atoms with Crippen LogP contribution in [0.1, 0.15) is 58.3 Å². The van der Waals surface area contributed by atoms with E-state index in [4.69, 9.17) is 0 Å². The summed E-state index contributed by atoms with van der Waals surface area (Å²) in [6.45, 7) is 7.35. The van der Waals surface area contributed by atoms with Gasteiger partial charge in [0.25, 0.3) is 0 Å². The van der Waals surface area contributed by atoms with Crippen molar-refractivity contribution in [3.05, 3.63) is 0 Å². The summed E-state index contributed by atoms with van der Waals surface area (Å²) in [5.41, 5.74) is 0. The van der Waals surface area contributed by atoms with Gasteiger partial charge in [-0.2, -0.15) is 0 Å². The Hall–Kier alpha value is -0.0800. The molecule has 2 fully saturated rings. The Bertz CT molecular complexity index is 197. The van der Waals surface area contributed by atoms with Crippen molar-refractivity contribution in [3.8, 4) is 0 Å². The van der Waals surface area contributed by atoms with Crippen molar-refractivity contribution in [2.75, 3.05) is 26.2 Å². The standard InChI is InChI=1S/C15H30N2/c1-2-17-11-7-10-15(17)13-16-12-14-8-5-3-4-6-9-14/h14-16H,2-13H2,1H3. The molecule has 0 spiro atoms. The first-order valence-corrected chi connectivity index (χ1v) is 7.85. The molecule has 1 atom stereocenters. The Labute approximate surface area is 107 Å². The number of nitrogens with zero attached hydrogens (tertiary/aromatic N) is 1. The lowest BCUT2D eigenvalue weighted by molar-refractivity contribution is 0.255. The van der Waals surface area contributed by atoms with Gasteiger partial charge < -0.3 is 5.32 Å². The van der Waals surface area contributed by atoms with Gasteiger partial charge >= 0.3 is 0 Å². The molecule has 2 rings (SSSR count). The molecule has 2 heteroatoms. The summed E-state index contributed by atoms with van der Waals surface area (Å²) < 4.78 is 0. The molecule has 0 aromatic heterocycles. The van der Waals surface area contributed by atoms with Crippen molar-refractivity contribution in [1.82, 2.24) is 10.2 Å². The molecule has 1 aliphatic carbocycles. The topological polar surface area (TPSA) is 15.3 Å². The zero-order chi connectivity index (χ0) is 11.9. The fourth-order valence-electron chi connectivity index (χ4n) is 3.56. The third-order valence-corrected chi connectivity index (χ3v) is 4.69. The minimum absolute atomic E-state index is 0.825. The Morgan fingerprint density at radius 1 is 0.941 bits per heavy atom. The predicted molar refractivity (Wildman–Crippen MR) is 74.3 cm³/mol. The Morgan fingerprint density at radius 3 is 2.41 bits per heavy atom. The molecule has 100 valence electrons. The minimum atomic E-state index is 0.825. The van der Waals surface area contributed by atoms with Crippen LogP contribution >= 0.6 is 0 Å². The summed E-state index contributed by atoms with van der Waals surface area (Å²) in [5, 5.41) is 3.75. The molecule has 0 aromatic rings. The molecule has 1 unspecified atom stereocenters. The Morgan fingerprint density at radius 2 is 1.71 bits per heavy atom. The van der Waals surface area contributed by atoms with Crippen LogP contribution < -0.4 is 5.32 Å². The summed E-state index contributed by atoms with van der Waals surface area (Å²) in [6, 6.07) is 0.825. The highest BCUT2D eigenvalue weighted by Crippen LogP contribution is 2.22. The van der Waals surface area contributed by atoms with Gasteiger partial charge in [0.2, 0.25) is 0 Å². The van der Waals surface area contributed by atoms with E-state index in [2.05, 4.69) is 17.1 Å². The number of likely N-dealkylation sites (tertiary alicyclic amines) is 1. The molecule has 1 saturated heterocycles. The van der Waals surface area contributed by atoms with Crippen molar-refractivity contribution in [1.29, 1.82) is 0 Å². The average molecular weight is 238 g/mol.